The summed E-state index contributed by atoms with van der Waals surface area (Å²) >= 11 is 9.27. The Labute approximate surface area is 93.2 Å². The molecule has 0 aliphatic rings. The van der Waals surface area contributed by atoms with Gasteiger partial charge in [-0.3, -0.25) is 0 Å². The molecule has 2 aromatic rings. The second-order valence-electron chi connectivity index (χ2n) is 2.58. The molecule has 4 nitrogen and oxygen atoms in total. The van der Waals surface area contributed by atoms with Gasteiger partial charge in [-0.15, -0.1) is 0 Å². The number of aromatic nitrogens is 2. The van der Waals surface area contributed by atoms with Crippen molar-refractivity contribution >= 4 is 33.5 Å². The van der Waals surface area contributed by atoms with Crippen molar-refractivity contribution in [3.63, 3.8) is 0 Å². The van der Waals surface area contributed by atoms with E-state index in [0.29, 0.717) is 16.5 Å². The van der Waals surface area contributed by atoms with Gasteiger partial charge < -0.3 is 10.3 Å². The van der Waals surface area contributed by atoms with Crippen molar-refractivity contribution in [3.8, 4) is 11.5 Å². The topological polar surface area (TPSA) is 64.9 Å². The standard InChI is InChI=1S/C8H5BrClN3O/c9-4-1-2-5(6(10)3-4)7-12-8(11)13-14-7/h1-3H,(H2,11,13). The third-order valence-corrected chi connectivity index (χ3v) is 2.41. The van der Waals surface area contributed by atoms with Crippen molar-refractivity contribution in [1.82, 2.24) is 10.1 Å². The van der Waals surface area contributed by atoms with E-state index in [0.717, 1.165) is 4.47 Å². The summed E-state index contributed by atoms with van der Waals surface area (Å²) in [6, 6.07) is 5.36. The Balaban J connectivity index is 2.52. The van der Waals surface area contributed by atoms with Crippen LogP contribution in [0.2, 0.25) is 5.02 Å². The zero-order chi connectivity index (χ0) is 10.1. The molecule has 6 heteroatoms. The minimum atomic E-state index is 0.0963. The molecule has 1 aromatic carbocycles. The Hall–Kier alpha value is -1.07. The van der Waals surface area contributed by atoms with E-state index in [-0.39, 0.29) is 5.95 Å². The van der Waals surface area contributed by atoms with Crippen molar-refractivity contribution in [3.05, 3.63) is 27.7 Å². The van der Waals surface area contributed by atoms with Gasteiger partial charge in [-0.2, -0.15) is 4.98 Å². The summed E-state index contributed by atoms with van der Waals surface area (Å²) in [6.45, 7) is 0. The molecule has 0 fully saturated rings. The van der Waals surface area contributed by atoms with Crippen LogP contribution in [-0.4, -0.2) is 10.1 Å². The molecule has 0 saturated carbocycles. The number of hydrogen-bond acceptors (Lipinski definition) is 4. The predicted molar refractivity (Wildman–Crippen MR) is 56.9 cm³/mol. The zero-order valence-corrected chi connectivity index (χ0v) is 9.21. The smallest absolute Gasteiger partial charge is 0.261 e. The van der Waals surface area contributed by atoms with Crippen molar-refractivity contribution in [2.75, 3.05) is 5.73 Å². The highest BCUT2D eigenvalue weighted by atomic mass is 79.9. The monoisotopic (exact) mass is 273 g/mol. The lowest BCUT2D eigenvalue weighted by Crippen LogP contribution is -1.85. The van der Waals surface area contributed by atoms with Gasteiger partial charge in [0.1, 0.15) is 0 Å². The Morgan fingerprint density at radius 3 is 2.79 bits per heavy atom. The lowest BCUT2D eigenvalue weighted by Gasteiger charge is -1.98. The van der Waals surface area contributed by atoms with Gasteiger partial charge in [0, 0.05) is 4.47 Å². The summed E-state index contributed by atoms with van der Waals surface area (Å²) in [6.07, 6.45) is 0. The van der Waals surface area contributed by atoms with E-state index in [1.807, 2.05) is 6.07 Å². The van der Waals surface area contributed by atoms with E-state index in [4.69, 9.17) is 21.9 Å². The summed E-state index contributed by atoms with van der Waals surface area (Å²) in [4.78, 5) is 3.87. The van der Waals surface area contributed by atoms with Gasteiger partial charge in [0.25, 0.3) is 11.8 Å². The Bertz CT molecular complexity index is 471. The highest BCUT2D eigenvalue weighted by Gasteiger charge is 2.10. The maximum Gasteiger partial charge on any atom is 0.261 e. The van der Waals surface area contributed by atoms with Crippen LogP contribution in [0.3, 0.4) is 0 Å². The second kappa shape index (κ2) is 3.59. The van der Waals surface area contributed by atoms with Crippen molar-refractivity contribution in [1.29, 1.82) is 0 Å². The molecule has 0 aliphatic heterocycles. The molecular formula is C8H5BrClN3O. The van der Waals surface area contributed by atoms with Crippen LogP contribution in [-0.2, 0) is 0 Å². The summed E-state index contributed by atoms with van der Waals surface area (Å²) in [5.74, 6) is 0.416. The Morgan fingerprint density at radius 1 is 1.43 bits per heavy atom. The number of rotatable bonds is 1. The third-order valence-electron chi connectivity index (χ3n) is 1.60. The first kappa shape index (κ1) is 9.48. The van der Waals surface area contributed by atoms with Crippen LogP contribution in [0.4, 0.5) is 5.95 Å². The van der Waals surface area contributed by atoms with Gasteiger partial charge in [0.15, 0.2) is 0 Å². The molecule has 1 aromatic heterocycles. The average molecular weight is 275 g/mol. The van der Waals surface area contributed by atoms with E-state index in [1.165, 1.54) is 0 Å². The molecule has 72 valence electrons. The van der Waals surface area contributed by atoms with Crippen LogP contribution < -0.4 is 5.73 Å². The lowest BCUT2D eigenvalue weighted by molar-refractivity contribution is 0.433. The van der Waals surface area contributed by atoms with Crippen molar-refractivity contribution < 1.29 is 4.52 Å². The number of nitrogen functional groups attached to an aromatic ring is 1. The summed E-state index contributed by atoms with van der Waals surface area (Å²) in [5, 5.41) is 4.01. The third kappa shape index (κ3) is 1.73. The van der Waals surface area contributed by atoms with Crippen LogP contribution in [0.1, 0.15) is 0 Å². The molecule has 0 aliphatic carbocycles. The van der Waals surface area contributed by atoms with E-state index in [2.05, 4.69) is 26.1 Å². The van der Waals surface area contributed by atoms with E-state index in [9.17, 15) is 0 Å². The van der Waals surface area contributed by atoms with Crippen LogP contribution in [0.25, 0.3) is 11.5 Å². The zero-order valence-electron chi connectivity index (χ0n) is 6.87. The molecule has 2 N–H and O–H groups in total. The highest BCUT2D eigenvalue weighted by Crippen LogP contribution is 2.29. The minimum Gasteiger partial charge on any atom is -0.365 e. The number of benzene rings is 1. The van der Waals surface area contributed by atoms with Gasteiger partial charge in [-0.25, -0.2) is 0 Å². The van der Waals surface area contributed by atoms with Crippen LogP contribution in [0.15, 0.2) is 27.2 Å². The van der Waals surface area contributed by atoms with Crippen molar-refractivity contribution in [2.45, 2.75) is 0 Å². The van der Waals surface area contributed by atoms with Gasteiger partial charge in [-0.1, -0.05) is 27.5 Å². The molecule has 0 saturated heterocycles. The van der Waals surface area contributed by atoms with Gasteiger partial charge in [0.2, 0.25) is 0 Å². The molecule has 0 spiro atoms. The average Bonchev–Trinajstić information content (AvgIpc) is 2.51. The second-order valence-corrected chi connectivity index (χ2v) is 3.90. The summed E-state index contributed by atoms with van der Waals surface area (Å²) < 4.78 is 5.77. The first-order valence-corrected chi connectivity index (χ1v) is 4.88. The number of anilines is 1. The SMILES string of the molecule is Nc1noc(-c2ccc(Br)cc2Cl)n1. The van der Waals surface area contributed by atoms with E-state index in [1.54, 1.807) is 12.1 Å². The molecule has 14 heavy (non-hydrogen) atoms. The molecule has 0 amide bonds. The quantitative estimate of drug-likeness (QED) is 0.868. The fourth-order valence-electron chi connectivity index (χ4n) is 1.01. The first-order valence-electron chi connectivity index (χ1n) is 3.71. The molecule has 2 rings (SSSR count). The van der Waals surface area contributed by atoms with E-state index < -0.39 is 0 Å². The van der Waals surface area contributed by atoms with Crippen LogP contribution in [0.5, 0.6) is 0 Å². The summed E-state index contributed by atoms with van der Waals surface area (Å²) in [7, 11) is 0. The van der Waals surface area contributed by atoms with Crippen molar-refractivity contribution in [2.24, 2.45) is 0 Å². The largest absolute Gasteiger partial charge is 0.365 e. The molecule has 0 bridgehead atoms. The number of nitrogens with zero attached hydrogens (tertiary/aromatic N) is 2. The molecular weight excluding hydrogens is 269 g/mol. The minimum absolute atomic E-state index is 0.0963. The molecule has 0 atom stereocenters. The van der Waals surface area contributed by atoms with Gasteiger partial charge in [-0.05, 0) is 23.4 Å². The highest BCUT2D eigenvalue weighted by molar-refractivity contribution is 9.10. The van der Waals surface area contributed by atoms with Crippen LogP contribution >= 0.6 is 27.5 Å². The van der Waals surface area contributed by atoms with E-state index >= 15 is 0 Å². The molecule has 0 unspecified atom stereocenters. The number of hydrogen-bond donors (Lipinski definition) is 1. The first-order chi connectivity index (χ1) is 6.66. The van der Waals surface area contributed by atoms with Crippen LogP contribution in [0, 0.1) is 0 Å². The Morgan fingerprint density at radius 2 is 2.21 bits per heavy atom. The van der Waals surface area contributed by atoms with Gasteiger partial charge >= 0.3 is 0 Å². The predicted octanol–water partition coefficient (Wildman–Crippen LogP) is 2.73. The number of halogens is 2. The van der Waals surface area contributed by atoms with Gasteiger partial charge in [0.05, 0.1) is 10.6 Å². The maximum absolute atomic E-state index is 5.97. The maximum atomic E-state index is 5.97. The number of nitrogens with two attached hydrogens (primary N) is 1. The molecule has 1 heterocycles. The fraction of sp³-hybridized carbons (Fsp3) is 0. The lowest BCUT2D eigenvalue weighted by atomic mass is 10.2. The fourth-order valence-corrected chi connectivity index (χ4v) is 1.76. The summed E-state index contributed by atoms with van der Waals surface area (Å²) in [5.41, 5.74) is 5.99. The normalized spacial score (nSPS) is 10.4. The molecule has 0 radical (unpaired) electrons. The Kier molecular flexibility index (Phi) is 2.43.